The third kappa shape index (κ3) is 4.95. The molecule has 1 N–H and O–H groups in total. The van der Waals surface area contributed by atoms with Crippen LogP contribution in [-0.4, -0.2) is 5.91 Å². The zero-order valence-corrected chi connectivity index (χ0v) is 14.2. The average Bonchev–Trinajstić information content (AvgIpc) is 2.65. The molecule has 0 aliphatic carbocycles. The van der Waals surface area contributed by atoms with E-state index >= 15 is 0 Å². The van der Waals surface area contributed by atoms with Gasteiger partial charge in [0.1, 0.15) is 11.5 Å². The molecule has 3 heteroatoms. The van der Waals surface area contributed by atoms with Gasteiger partial charge in [-0.15, -0.1) is 0 Å². The minimum Gasteiger partial charge on any atom is -0.457 e. The Kier molecular flexibility index (Phi) is 5.47. The summed E-state index contributed by atoms with van der Waals surface area (Å²) in [6, 6.07) is 27.1. The Labute approximate surface area is 148 Å². The van der Waals surface area contributed by atoms with Crippen LogP contribution in [0.5, 0.6) is 11.5 Å². The molecule has 0 radical (unpaired) electrons. The quantitative estimate of drug-likeness (QED) is 0.637. The van der Waals surface area contributed by atoms with E-state index in [9.17, 15) is 4.79 Å². The number of anilines is 1. The SMILES string of the molecule is C[C@@H](CC(=O)Nc1ccc(Oc2ccccc2)cc1)c1ccccc1. The molecule has 25 heavy (non-hydrogen) atoms. The summed E-state index contributed by atoms with van der Waals surface area (Å²) in [5.41, 5.74) is 1.94. The first-order valence-corrected chi connectivity index (χ1v) is 8.38. The van der Waals surface area contributed by atoms with Crippen molar-refractivity contribution in [2.75, 3.05) is 5.32 Å². The summed E-state index contributed by atoms with van der Waals surface area (Å²) in [5.74, 6) is 1.72. The normalized spacial score (nSPS) is 11.6. The highest BCUT2D eigenvalue weighted by Crippen LogP contribution is 2.23. The maximum absolute atomic E-state index is 12.2. The van der Waals surface area contributed by atoms with Gasteiger partial charge in [-0.2, -0.15) is 0 Å². The lowest BCUT2D eigenvalue weighted by Crippen LogP contribution is -2.14. The van der Waals surface area contributed by atoms with Gasteiger partial charge in [0.25, 0.3) is 0 Å². The smallest absolute Gasteiger partial charge is 0.224 e. The predicted molar refractivity (Wildman–Crippen MR) is 101 cm³/mol. The van der Waals surface area contributed by atoms with Crippen LogP contribution in [-0.2, 0) is 4.79 Å². The molecule has 1 amide bonds. The maximum atomic E-state index is 12.2. The highest BCUT2D eigenvalue weighted by atomic mass is 16.5. The number of benzene rings is 3. The van der Waals surface area contributed by atoms with Gasteiger partial charge in [-0.25, -0.2) is 0 Å². The van der Waals surface area contributed by atoms with E-state index in [1.54, 1.807) is 0 Å². The predicted octanol–water partition coefficient (Wildman–Crippen LogP) is 5.61. The van der Waals surface area contributed by atoms with Gasteiger partial charge in [-0.05, 0) is 47.9 Å². The van der Waals surface area contributed by atoms with Crippen molar-refractivity contribution in [3.8, 4) is 11.5 Å². The highest BCUT2D eigenvalue weighted by molar-refractivity contribution is 5.91. The van der Waals surface area contributed by atoms with Crippen LogP contribution in [0.25, 0.3) is 0 Å². The summed E-state index contributed by atoms with van der Waals surface area (Å²) >= 11 is 0. The van der Waals surface area contributed by atoms with Crippen molar-refractivity contribution in [3.63, 3.8) is 0 Å². The maximum Gasteiger partial charge on any atom is 0.224 e. The molecule has 1 atom stereocenters. The van der Waals surface area contributed by atoms with E-state index in [-0.39, 0.29) is 11.8 Å². The molecule has 0 unspecified atom stereocenters. The lowest BCUT2D eigenvalue weighted by Gasteiger charge is -2.12. The highest BCUT2D eigenvalue weighted by Gasteiger charge is 2.11. The molecule has 3 aromatic rings. The molecule has 0 fully saturated rings. The molecule has 3 aromatic carbocycles. The van der Waals surface area contributed by atoms with Crippen LogP contribution in [0.1, 0.15) is 24.8 Å². The Morgan fingerprint density at radius 2 is 1.40 bits per heavy atom. The third-order valence-electron chi connectivity index (χ3n) is 3.98. The van der Waals surface area contributed by atoms with Crippen LogP contribution in [0.2, 0.25) is 0 Å². The second-order valence-electron chi connectivity index (χ2n) is 6.00. The van der Waals surface area contributed by atoms with Crippen LogP contribution in [0.3, 0.4) is 0 Å². The molecule has 126 valence electrons. The van der Waals surface area contributed by atoms with Gasteiger partial charge in [-0.3, -0.25) is 4.79 Å². The number of nitrogens with one attached hydrogen (secondary N) is 1. The molecule has 0 aromatic heterocycles. The first-order chi connectivity index (χ1) is 12.2. The van der Waals surface area contributed by atoms with Crippen LogP contribution in [0.4, 0.5) is 5.69 Å². The van der Waals surface area contributed by atoms with Gasteiger partial charge in [0.05, 0.1) is 0 Å². The average molecular weight is 331 g/mol. The van der Waals surface area contributed by atoms with E-state index in [1.807, 2.05) is 84.9 Å². The summed E-state index contributed by atoms with van der Waals surface area (Å²) in [4.78, 5) is 12.2. The number of hydrogen-bond acceptors (Lipinski definition) is 2. The first kappa shape index (κ1) is 16.8. The fraction of sp³-hybridized carbons (Fsp3) is 0.136. The first-order valence-electron chi connectivity index (χ1n) is 8.38. The lowest BCUT2D eigenvalue weighted by molar-refractivity contribution is -0.116. The number of carbonyl (C=O) groups is 1. The van der Waals surface area contributed by atoms with Crippen molar-refractivity contribution in [1.82, 2.24) is 0 Å². The van der Waals surface area contributed by atoms with Gasteiger partial charge in [0, 0.05) is 12.1 Å². The van der Waals surface area contributed by atoms with Gasteiger partial charge < -0.3 is 10.1 Å². The van der Waals surface area contributed by atoms with Gasteiger partial charge in [0.2, 0.25) is 5.91 Å². The van der Waals surface area contributed by atoms with E-state index in [1.165, 1.54) is 5.56 Å². The standard InChI is InChI=1S/C22H21NO2/c1-17(18-8-4-2-5-9-18)16-22(24)23-19-12-14-21(15-13-19)25-20-10-6-3-7-11-20/h2-15,17H,16H2,1H3,(H,23,24)/t17-/m0/s1. The number of para-hydroxylation sites is 1. The Hall–Kier alpha value is -3.07. The summed E-state index contributed by atoms with van der Waals surface area (Å²) < 4.78 is 5.75. The zero-order valence-electron chi connectivity index (χ0n) is 14.2. The molecular weight excluding hydrogens is 310 g/mol. The van der Waals surface area contributed by atoms with Crippen LogP contribution >= 0.6 is 0 Å². The van der Waals surface area contributed by atoms with E-state index in [4.69, 9.17) is 4.74 Å². The minimum atomic E-state index is 0.00748. The largest absolute Gasteiger partial charge is 0.457 e. The monoisotopic (exact) mass is 331 g/mol. The Morgan fingerprint density at radius 1 is 0.840 bits per heavy atom. The number of ether oxygens (including phenoxy) is 1. The molecule has 0 bridgehead atoms. The lowest BCUT2D eigenvalue weighted by atomic mass is 9.97. The molecule has 0 saturated carbocycles. The molecular formula is C22H21NO2. The molecule has 0 aliphatic heterocycles. The molecule has 0 aliphatic rings. The van der Waals surface area contributed by atoms with Crippen molar-refractivity contribution in [1.29, 1.82) is 0 Å². The van der Waals surface area contributed by atoms with E-state index in [0.717, 1.165) is 17.2 Å². The summed E-state index contributed by atoms with van der Waals surface area (Å²) in [6.07, 6.45) is 0.451. The minimum absolute atomic E-state index is 0.00748. The summed E-state index contributed by atoms with van der Waals surface area (Å²) in [6.45, 7) is 2.06. The molecule has 3 rings (SSSR count). The zero-order chi connectivity index (χ0) is 17.5. The molecule has 0 saturated heterocycles. The fourth-order valence-electron chi connectivity index (χ4n) is 2.62. The van der Waals surface area contributed by atoms with Gasteiger partial charge in [-0.1, -0.05) is 55.5 Å². The van der Waals surface area contributed by atoms with Crippen molar-refractivity contribution in [2.45, 2.75) is 19.3 Å². The van der Waals surface area contributed by atoms with Crippen molar-refractivity contribution >= 4 is 11.6 Å². The van der Waals surface area contributed by atoms with Crippen molar-refractivity contribution in [3.05, 3.63) is 90.5 Å². The molecule has 3 nitrogen and oxygen atoms in total. The van der Waals surface area contributed by atoms with E-state index in [0.29, 0.717) is 6.42 Å². The summed E-state index contributed by atoms with van der Waals surface area (Å²) in [7, 11) is 0. The number of amides is 1. The van der Waals surface area contributed by atoms with E-state index < -0.39 is 0 Å². The third-order valence-corrected chi connectivity index (χ3v) is 3.98. The van der Waals surface area contributed by atoms with Gasteiger partial charge >= 0.3 is 0 Å². The number of hydrogen-bond donors (Lipinski definition) is 1. The second-order valence-corrected chi connectivity index (χ2v) is 6.00. The van der Waals surface area contributed by atoms with Crippen molar-refractivity contribution < 1.29 is 9.53 Å². The topological polar surface area (TPSA) is 38.3 Å². The molecule has 0 spiro atoms. The fourth-order valence-corrected chi connectivity index (χ4v) is 2.62. The van der Waals surface area contributed by atoms with Crippen LogP contribution < -0.4 is 10.1 Å². The van der Waals surface area contributed by atoms with Crippen LogP contribution in [0.15, 0.2) is 84.9 Å². The van der Waals surface area contributed by atoms with E-state index in [2.05, 4.69) is 12.2 Å². The second kappa shape index (κ2) is 8.15. The van der Waals surface area contributed by atoms with Gasteiger partial charge in [0.15, 0.2) is 0 Å². The Bertz CT molecular complexity index is 798. The Morgan fingerprint density at radius 3 is 2.04 bits per heavy atom. The Balaban J connectivity index is 1.55. The van der Waals surface area contributed by atoms with Crippen molar-refractivity contribution in [2.24, 2.45) is 0 Å². The number of carbonyl (C=O) groups excluding carboxylic acids is 1. The van der Waals surface area contributed by atoms with Crippen LogP contribution in [0, 0.1) is 0 Å². The number of rotatable bonds is 6. The molecule has 0 heterocycles. The summed E-state index contributed by atoms with van der Waals surface area (Å²) in [5, 5.41) is 2.94.